The number of hydrogen-bond donors (Lipinski definition) is 1. The summed E-state index contributed by atoms with van der Waals surface area (Å²) in [5, 5.41) is 3.22. The molecule has 2 amide bonds. The minimum Gasteiger partial charge on any atom is -0.345 e. The number of amides is 2. The standard InChI is InChI=1S/C21H23Cl2N3O4S/c1-25(2)21(28)15-4-3-5-17(12-15)24-20(27)14-8-10-26(11-9-14)31(29,30)19-13-16(22)6-7-18(19)23/h3-7,12-14H,8-11H2,1-2H3,(H,24,27). The lowest BCUT2D eigenvalue weighted by Crippen LogP contribution is -2.41. The zero-order valence-electron chi connectivity index (χ0n) is 17.1. The molecule has 10 heteroatoms. The third-order valence-corrected chi connectivity index (χ3v) is 7.73. The molecule has 0 aromatic heterocycles. The molecule has 0 saturated carbocycles. The summed E-state index contributed by atoms with van der Waals surface area (Å²) in [7, 11) is -0.486. The number of nitrogens with one attached hydrogen (secondary N) is 1. The maximum atomic E-state index is 12.9. The van der Waals surface area contributed by atoms with Crippen molar-refractivity contribution in [1.29, 1.82) is 0 Å². The molecule has 1 saturated heterocycles. The van der Waals surface area contributed by atoms with Crippen LogP contribution in [-0.2, 0) is 14.8 Å². The van der Waals surface area contributed by atoms with E-state index in [1.165, 1.54) is 27.4 Å². The van der Waals surface area contributed by atoms with Gasteiger partial charge in [0.1, 0.15) is 4.90 Å². The van der Waals surface area contributed by atoms with Gasteiger partial charge in [-0.1, -0.05) is 29.3 Å². The summed E-state index contributed by atoms with van der Waals surface area (Å²) in [6, 6.07) is 11.0. The van der Waals surface area contributed by atoms with Crippen molar-refractivity contribution in [2.75, 3.05) is 32.5 Å². The van der Waals surface area contributed by atoms with E-state index in [9.17, 15) is 18.0 Å². The first-order valence-electron chi connectivity index (χ1n) is 9.67. The van der Waals surface area contributed by atoms with Gasteiger partial charge in [0.05, 0.1) is 5.02 Å². The number of nitrogens with zero attached hydrogens (tertiary/aromatic N) is 2. The molecule has 1 aliphatic heterocycles. The van der Waals surface area contributed by atoms with Gasteiger partial charge in [-0.05, 0) is 49.2 Å². The van der Waals surface area contributed by atoms with Crippen molar-refractivity contribution in [3.63, 3.8) is 0 Å². The van der Waals surface area contributed by atoms with Gasteiger partial charge in [-0.2, -0.15) is 4.31 Å². The lowest BCUT2D eigenvalue weighted by atomic mass is 9.97. The lowest BCUT2D eigenvalue weighted by Gasteiger charge is -2.30. The minimum atomic E-state index is -3.80. The normalized spacial score (nSPS) is 15.5. The quantitative estimate of drug-likeness (QED) is 0.701. The van der Waals surface area contributed by atoms with Crippen LogP contribution in [0.1, 0.15) is 23.2 Å². The molecule has 2 aromatic carbocycles. The Labute approximate surface area is 192 Å². The van der Waals surface area contributed by atoms with Gasteiger partial charge >= 0.3 is 0 Å². The number of carbonyl (C=O) groups is 2. The third kappa shape index (κ3) is 5.38. The number of carbonyl (C=O) groups excluding carboxylic acids is 2. The Kier molecular flexibility index (Phi) is 7.26. The Morgan fingerprint density at radius 2 is 1.74 bits per heavy atom. The highest BCUT2D eigenvalue weighted by Gasteiger charge is 2.33. The van der Waals surface area contributed by atoms with Crippen LogP contribution in [0.15, 0.2) is 47.4 Å². The maximum absolute atomic E-state index is 12.9. The van der Waals surface area contributed by atoms with E-state index in [2.05, 4.69) is 5.32 Å². The van der Waals surface area contributed by atoms with Crippen LogP contribution < -0.4 is 5.32 Å². The molecule has 1 aliphatic rings. The van der Waals surface area contributed by atoms with Crippen molar-refractivity contribution in [3.05, 3.63) is 58.1 Å². The van der Waals surface area contributed by atoms with Crippen molar-refractivity contribution in [3.8, 4) is 0 Å². The third-order valence-electron chi connectivity index (χ3n) is 5.12. The van der Waals surface area contributed by atoms with Gasteiger partial charge in [-0.3, -0.25) is 9.59 Å². The van der Waals surface area contributed by atoms with Gasteiger partial charge < -0.3 is 10.2 Å². The van der Waals surface area contributed by atoms with Crippen molar-refractivity contribution >= 4 is 50.7 Å². The van der Waals surface area contributed by atoms with E-state index < -0.39 is 10.0 Å². The zero-order chi connectivity index (χ0) is 22.8. The summed E-state index contributed by atoms with van der Waals surface area (Å²) >= 11 is 12.0. The van der Waals surface area contributed by atoms with Crippen molar-refractivity contribution < 1.29 is 18.0 Å². The molecule has 2 aromatic rings. The van der Waals surface area contributed by atoms with Crippen LogP contribution >= 0.6 is 23.2 Å². The number of hydrogen-bond acceptors (Lipinski definition) is 4. The van der Waals surface area contributed by atoms with Gasteiger partial charge in [0.2, 0.25) is 15.9 Å². The fourth-order valence-corrected chi connectivity index (χ4v) is 5.61. The Morgan fingerprint density at radius 1 is 1.06 bits per heavy atom. The fraction of sp³-hybridized carbons (Fsp3) is 0.333. The van der Waals surface area contributed by atoms with Crippen LogP contribution in [-0.4, -0.2) is 56.6 Å². The van der Waals surface area contributed by atoms with E-state index in [-0.39, 0.29) is 45.8 Å². The summed E-state index contributed by atoms with van der Waals surface area (Å²) in [4.78, 5) is 26.2. The first-order chi connectivity index (χ1) is 14.6. The van der Waals surface area contributed by atoms with E-state index in [0.29, 0.717) is 24.1 Å². The first-order valence-corrected chi connectivity index (χ1v) is 11.9. The zero-order valence-corrected chi connectivity index (χ0v) is 19.5. The second-order valence-electron chi connectivity index (χ2n) is 7.52. The van der Waals surface area contributed by atoms with Crippen LogP contribution in [0.25, 0.3) is 0 Å². The average Bonchev–Trinajstić information content (AvgIpc) is 2.75. The number of halogens is 2. The summed E-state index contributed by atoms with van der Waals surface area (Å²) in [6.45, 7) is 0.394. The van der Waals surface area contributed by atoms with E-state index >= 15 is 0 Å². The molecule has 3 rings (SSSR count). The topological polar surface area (TPSA) is 86.8 Å². The highest BCUT2D eigenvalue weighted by atomic mass is 35.5. The molecule has 0 aliphatic carbocycles. The lowest BCUT2D eigenvalue weighted by molar-refractivity contribution is -0.120. The molecular weight excluding hydrogens is 461 g/mol. The second-order valence-corrected chi connectivity index (χ2v) is 10.3. The molecule has 0 bridgehead atoms. The molecule has 0 atom stereocenters. The van der Waals surface area contributed by atoms with Crippen LogP contribution in [0.3, 0.4) is 0 Å². The SMILES string of the molecule is CN(C)C(=O)c1cccc(NC(=O)C2CCN(S(=O)(=O)c3cc(Cl)ccc3Cl)CC2)c1. The Balaban J connectivity index is 1.64. The van der Waals surface area contributed by atoms with Gasteiger partial charge in [0.25, 0.3) is 5.91 Å². The van der Waals surface area contributed by atoms with E-state index in [1.54, 1.807) is 38.4 Å². The number of sulfonamides is 1. The number of piperidine rings is 1. The van der Waals surface area contributed by atoms with Crippen LogP contribution in [0.5, 0.6) is 0 Å². The smallest absolute Gasteiger partial charge is 0.253 e. The Morgan fingerprint density at radius 3 is 2.39 bits per heavy atom. The van der Waals surface area contributed by atoms with Crippen molar-refractivity contribution in [1.82, 2.24) is 9.21 Å². The molecule has 1 N–H and O–H groups in total. The molecule has 0 radical (unpaired) electrons. The Bertz CT molecular complexity index is 1100. The summed E-state index contributed by atoms with van der Waals surface area (Å²) in [5.74, 6) is -0.698. The first kappa shape index (κ1) is 23.5. The van der Waals surface area contributed by atoms with Gasteiger partial charge in [0, 0.05) is 49.4 Å². The fourth-order valence-electron chi connectivity index (χ4n) is 3.40. The van der Waals surface area contributed by atoms with Crippen LogP contribution in [0, 0.1) is 5.92 Å². The Hall–Kier alpha value is -2.13. The van der Waals surface area contributed by atoms with E-state index in [1.807, 2.05) is 0 Å². The largest absolute Gasteiger partial charge is 0.345 e. The highest BCUT2D eigenvalue weighted by molar-refractivity contribution is 7.89. The molecule has 0 spiro atoms. The van der Waals surface area contributed by atoms with Crippen molar-refractivity contribution in [2.24, 2.45) is 5.92 Å². The van der Waals surface area contributed by atoms with Gasteiger partial charge in [0.15, 0.2) is 0 Å². The van der Waals surface area contributed by atoms with Gasteiger partial charge in [-0.25, -0.2) is 8.42 Å². The molecule has 1 heterocycles. The van der Waals surface area contributed by atoms with E-state index in [0.717, 1.165) is 0 Å². The van der Waals surface area contributed by atoms with E-state index in [4.69, 9.17) is 23.2 Å². The molecule has 31 heavy (non-hydrogen) atoms. The average molecular weight is 484 g/mol. The minimum absolute atomic E-state index is 0.0352. The molecule has 1 fully saturated rings. The second kappa shape index (κ2) is 9.56. The molecule has 166 valence electrons. The highest BCUT2D eigenvalue weighted by Crippen LogP contribution is 2.30. The summed E-state index contributed by atoms with van der Waals surface area (Å²) in [5.41, 5.74) is 1.00. The van der Waals surface area contributed by atoms with Crippen molar-refractivity contribution in [2.45, 2.75) is 17.7 Å². The monoisotopic (exact) mass is 483 g/mol. The van der Waals surface area contributed by atoms with Crippen LogP contribution in [0.2, 0.25) is 10.0 Å². The number of anilines is 1. The van der Waals surface area contributed by atoms with Crippen LogP contribution in [0.4, 0.5) is 5.69 Å². The molecular formula is C21H23Cl2N3O4S. The predicted molar refractivity (Wildman–Crippen MR) is 121 cm³/mol. The van der Waals surface area contributed by atoms with Gasteiger partial charge in [-0.15, -0.1) is 0 Å². The number of rotatable bonds is 5. The molecule has 0 unspecified atom stereocenters. The summed E-state index contributed by atoms with van der Waals surface area (Å²) < 4.78 is 27.2. The number of benzene rings is 2. The summed E-state index contributed by atoms with van der Waals surface area (Å²) in [6.07, 6.45) is 0.749. The predicted octanol–water partition coefficient (Wildman–Crippen LogP) is 3.73. The maximum Gasteiger partial charge on any atom is 0.253 e. The molecule has 7 nitrogen and oxygen atoms in total.